The van der Waals surface area contributed by atoms with Gasteiger partial charge in [0.1, 0.15) is 11.6 Å². The second-order valence-corrected chi connectivity index (χ2v) is 5.97. The Morgan fingerprint density at radius 2 is 2.00 bits per heavy atom. The van der Waals surface area contributed by atoms with Gasteiger partial charge < -0.3 is 19.9 Å². The minimum Gasteiger partial charge on any atom is -0.459 e. The number of carbonyl (C=O) groups is 1. The van der Waals surface area contributed by atoms with Gasteiger partial charge in [-0.05, 0) is 27.7 Å². The van der Waals surface area contributed by atoms with Crippen LogP contribution < -0.4 is 5.32 Å². The Balaban J connectivity index is 2.35. The van der Waals surface area contributed by atoms with Gasteiger partial charge in [-0.3, -0.25) is 4.79 Å². The minimum atomic E-state index is -0.769. The molecule has 0 aromatic carbocycles. The number of hydrogen-bond acceptors (Lipinski definition) is 5. The molecule has 1 rings (SSSR count). The van der Waals surface area contributed by atoms with E-state index < -0.39 is 17.2 Å². The molecule has 1 aliphatic rings. The molecule has 1 fully saturated rings. The maximum atomic E-state index is 11.7. The lowest BCUT2D eigenvalue weighted by molar-refractivity contribution is -0.157. The summed E-state index contributed by atoms with van der Waals surface area (Å²) in [5.41, 5.74) is -1.25. The summed E-state index contributed by atoms with van der Waals surface area (Å²) in [5, 5.41) is 13.3. The number of esters is 1. The lowest BCUT2D eigenvalue weighted by Crippen LogP contribution is -2.49. The monoisotopic (exact) mass is 259 g/mol. The van der Waals surface area contributed by atoms with Crippen molar-refractivity contribution in [1.29, 1.82) is 0 Å². The molecular formula is C13H25NO4. The van der Waals surface area contributed by atoms with Gasteiger partial charge in [-0.1, -0.05) is 0 Å². The van der Waals surface area contributed by atoms with Gasteiger partial charge in [0.25, 0.3) is 0 Å². The Labute approximate surface area is 109 Å². The zero-order chi connectivity index (χ0) is 13.8. The van der Waals surface area contributed by atoms with E-state index in [9.17, 15) is 9.90 Å². The Morgan fingerprint density at radius 1 is 1.44 bits per heavy atom. The van der Waals surface area contributed by atoms with Crippen molar-refractivity contribution in [2.75, 3.05) is 19.8 Å². The fourth-order valence-electron chi connectivity index (χ4n) is 1.74. The third kappa shape index (κ3) is 5.33. The number of carbonyl (C=O) groups excluding carboxylic acids is 1. The highest BCUT2D eigenvalue weighted by molar-refractivity contribution is 5.75. The van der Waals surface area contributed by atoms with Crippen molar-refractivity contribution in [3.05, 3.63) is 0 Å². The molecule has 0 amide bonds. The summed E-state index contributed by atoms with van der Waals surface area (Å²) in [5.74, 6) is -0.293. The maximum Gasteiger partial charge on any atom is 0.323 e. The van der Waals surface area contributed by atoms with Crippen LogP contribution >= 0.6 is 0 Å². The molecule has 106 valence electrons. The van der Waals surface area contributed by atoms with E-state index in [4.69, 9.17) is 9.47 Å². The van der Waals surface area contributed by atoms with Crippen LogP contribution in [0.15, 0.2) is 0 Å². The Bertz CT molecular complexity index is 279. The lowest BCUT2D eigenvalue weighted by atomic mass is 9.94. The van der Waals surface area contributed by atoms with Crippen molar-refractivity contribution >= 4 is 5.97 Å². The van der Waals surface area contributed by atoms with E-state index >= 15 is 0 Å². The third-order valence-corrected chi connectivity index (χ3v) is 2.92. The summed E-state index contributed by atoms with van der Waals surface area (Å²) < 4.78 is 10.5. The maximum absolute atomic E-state index is 11.7. The minimum absolute atomic E-state index is 0.293. The molecule has 1 atom stereocenters. The molecule has 18 heavy (non-hydrogen) atoms. The molecule has 0 radical (unpaired) electrons. The van der Waals surface area contributed by atoms with E-state index in [1.165, 1.54) is 0 Å². The number of hydrogen-bond donors (Lipinski definition) is 2. The van der Waals surface area contributed by atoms with Crippen molar-refractivity contribution in [3.8, 4) is 0 Å². The number of nitrogens with one attached hydrogen (secondary N) is 1. The largest absolute Gasteiger partial charge is 0.459 e. The Morgan fingerprint density at radius 3 is 2.50 bits per heavy atom. The first-order valence-corrected chi connectivity index (χ1v) is 6.48. The molecule has 1 aliphatic heterocycles. The summed E-state index contributed by atoms with van der Waals surface area (Å²) >= 11 is 0. The molecule has 5 nitrogen and oxygen atoms in total. The van der Waals surface area contributed by atoms with Crippen molar-refractivity contribution < 1.29 is 19.4 Å². The van der Waals surface area contributed by atoms with E-state index in [0.29, 0.717) is 32.6 Å². The van der Waals surface area contributed by atoms with Crippen LogP contribution in [-0.2, 0) is 14.3 Å². The molecule has 0 aromatic heterocycles. The predicted octanol–water partition coefficient (Wildman–Crippen LogP) is 0.848. The Hall–Kier alpha value is -0.650. The Kier molecular flexibility index (Phi) is 5.13. The highest BCUT2D eigenvalue weighted by Crippen LogP contribution is 2.19. The van der Waals surface area contributed by atoms with Gasteiger partial charge in [0.15, 0.2) is 0 Å². The van der Waals surface area contributed by atoms with Gasteiger partial charge >= 0.3 is 5.97 Å². The van der Waals surface area contributed by atoms with Gasteiger partial charge in [0.05, 0.1) is 5.60 Å². The van der Waals surface area contributed by atoms with Crippen LogP contribution in [0.4, 0.5) is 0 Å². The topological polar surface area (TPSA) is 67.8 Å². The molecule has 1 saturated heterocycles. The molecule has 5 heteroatoms. The normalized spacial score (nSPS) is 21.4. The molecule has 0 saturated carbocycles. The average molecular weight is 259 g/mol. The van der Waals surface area contributed by atoms with Crippen LogP contribution in [0.25, 0.3) is 0 Å². The van der Waals surface area contributed by atoms with Crippen LogP contribution in [-0.4, -0.2) is 48.1 Å². The summed E-state index contributed by atoms with van der Waals surface area (Å²) in [6, 6.07) is -0.420. The zero-order valence-corrected chi connectivity index (χ0v) is 11.8. The van der Waals surface area contributed by atoms with Crippen molar-refractivity contribution in [2.45, 2.75) is 57.8 Å². The first-order valence-electron chi connectivity index (χ1n) is 6.48. The van der Waals surface area contributed by atoms with Crippen molar-refractivity contribution in [2.24, 2.45) is 0 Å². The summed E-state index contributed by atoms with van der Waals surface area (Å²) in [7, 11) is 0. The highest BCUT2D eigenvalue weighted by Gasteiger charge is 2.31. The van der Waals surface area contributed by atoms with Crippen LogP contribution in [0, 0.1) is 0 Å². The van der Waals surface area contributed by atoms with Crippen LogP contribution in [0.5, 0.6) is 0 Å². The molecule has 0 spiro atoms. The van der Waals surface area contributed by atoms with Gasteiger partial charge in [-0.25, -0.2) is 0 Å². The molecule has 0 aromatic rings. The standard InChI is InChI=1S/C13H25NO4/c1-10(11(15)18-12(2,3)4)14-9-13(16)5-7-17-8-6-13/h10,14,16H,5-9H2,1-4H3. The smallest absolute Gasteiger partial charge is 0.323 e. The highest BCUT2D eigenvalue weighted by atomic mass is 16.6. The van der Waals surface area contributed by atoms with Gasteiger partial charge in [0, 0.05) is 32.6 Å². The summed E-state index contributed by atoms with van der Waals surface area (Å²) in [6.45, 7) is 8.78. The van der Waals surface area contributed by atoms with E-state index in [-0.39, 0.29) is 5.97 Å². The van der Waals surface area contributed by atoms with E-state index in [0.717, 1.165) is 0 Å². The van der Waals surface area contributed by atoms with Crippen LogP contribution in [0.3, 0.4) is 0 Å². The van der Waals surface area contributed by atoms with Crippen molar-refractivity contribution in [3.63, 3.8) is 0 Å². The third-order valence-electron chi connectivity index (χ3n) is 2.92. The molecule has 1 unspecified atom stereocenters. The number of ether oxygens (including phenoxy) is 2. The van der Waals surface area contributed by atoms with Crippen molar-refractivity contribution in [1.82, 2.24) is 5.32 Å². The van der Waals surface area contributed by atoms with E-state index in [2.05, 4.69) is 5.32 Å². The van der Waals surface area contributed by atoms with Gasteiger partial charge in [-0.15, -0.1) is 0 Å². The van der Waals surface area contributed by atoms with Gasteiger partial charge in [0.2, 0.25) is 0 Å². The molecule has 1 heterocycles. The molecule has 0 bridgehead atoms. The molecule has 0 aliphatic carbocycles. The fourth-order valence-corrected chi connectivity index (χ4v) is 1.74. The quantitative estimate of drug-likeness (QED) is 0.733. The van der Waals surface area contributed by atoms with E-state index in [1.807, 2.05) is 20.8 Å². The van der Waals surface area contributed by atoms with Crippen LogP contribution in [0.2, 0.25) is 0 Å². The SMILES string of the molecule is CC(NCC1(O)CCOCC1)C(=O)OC(C)(C)C. The fraction of sp³-hybridized carbons (Fsp3) is 0.923. The molecule has 2 N–H and O–H groups in total. The first-order chi connectivity index (χ1) is 8.22. The second-order valence-electron chi connectivity index (χ2n) is 5.97. The lowest BCUT2D eigenvalue weighted by Gasteiger charge is -2.33. The number of aliphatic hydroxyl groups is 1. The predicted molar refractivity (Wildman–Crippen MR) is 68.3 cm³/mol. The first kappa shape index (κ1) is 15.4. The average Bonchev–Trinajstić information content (AvgIpc) is 2.24. The number of rotatable bonds is 4. The van der Waals surface area contributed by atoms with E-state index in [1.54, 1.807) is 6.92 Å². The second kappa shape index (κ2) is 5.99. The molecular weight excluding hydrogens is 234 g/mol. The van der Waals surface area contributed by atoms with Crippen LogP contribution in [0.1, 0.15) is 40.5 Å². The van der Waals surface area contributed by atoms with Gasteiger partial charge in [-0.2, -0.15) is 0 Å². The summed E-state index contributed by atoms with van der Waals surface area (Å²) in [4.78, 5) is 11.7. The zero-order valence-electron chi connectivity index (χ0n) is 11.8. The summed E-state index contributed by atoms with van der Waals surface area (Å²) in [6.07, 6.45) is 1.20.